The average Bonchev–Trinajstić information content (AvgIpc) is 3.99. The van der Waals surface area contributed by atoms with Crippen molar-refractivity contribution in [3.05, 3.63) is 100 Å². The van der Waals surface area contributed by atoms with E-state index in [4.69, 9.17) is 16.3 Å². The molecule has 1 saturated carbocycles. The van der Waals surface area contributed by atoms with Gasteiger partial charge < -0.3 is 46.2 Å². The number of anilines is 5. The summed E-state index contributed by atoms with van der Waals surface area (Å²) >= 11 is 8.08. The lowest BCUT2D eigenvalue weighted by molar-refractivity contribution is -0.142. The van der Waals surface area contributed by atoms with Crippen molar-refractivity contribution in [2.75, 3.05) is 62.4 Å². The number of likely N-dealkylation sites (tertiary alicyclic amines) is 1. The van der Waals surface area contributed by atoms with Crippen LogP contribution in [0.25, 0.3) is 10.4 Å². The average molecular weight is 993 g/mol. The molecular formula is C52H66ClN11O5S. The molecule has 372 valence electrons. The summed E-state index contributed by atoms with van der Waals surface area (Å²) in [6.07, 6.45) is 4.88. The fourth-order valence-electron chi connectivity index (χ4n) is 9.91. The highest BCUT2D eigenvalue weighted by atomic mass is 35.5. The van der Waals surface area contributed by atoms with Crippen LogP contribution in [0.3, 0.4) is 0 Å². The van der Waals surface area contributed by atoms with Crippen LogP contribution in [0.1, 0.15) is 87.5 Å². The molecule has 4 heterocycles. The molecular weight excluding hydrogens is 926 g/mol. The highest BCUT2D eigenvalue weighted by Gasteiger charge is 2.45. The minimum Gasteiger partial charge on any atom is -0.494 e. The van der Waals surface area contributed by atoms with Gasteiger partial charge in [0, 0.05) is 70.0 Å². The Bertz CT molecular complexity index is 2630. The predicted molar refractivity (Wildman–Crippen MR) is 278 cm³/mol. The number of aliphatic hydroxyl groups is 1. The lowest BCUT2D eigenvalue weighted by Crippen LogP contribution is -2.59. The number of hydrogen-bond acceptors (Lipinski definition) is 14. The molecule has 0 unspecified atom stereocenters. The summed E-state index contributed by atoms with van der Waals surface area (Å²) in [6, 6.07) is 20.4. The summed E-state index contributed by atoms with van der Waals surface area (Å²) in [5.41, 5.74) is 7.23. The molecule has 70 heavy (non-hydrogen) atoms. The molecule has 1 aliphatic carbocycles. The molecule has 2 aromatic heterocycles. The Morgan fingerprint density at radius 2 is 1.66 bits per heavy atom. The zero-order valence-corrected chi connectivity index (χ0v) is 42.7. The number of rotatable bonds is 15. The van der Waals surface area contributed by atoms with Crippen LogP contribution in [0.4, 0.5) is 28.8 Å². The first-order chi connectivity index (χ1) is 33.6. The van der Waals surface area contributed by atoms with Crippen LogP contribution in [0.5, 0.6) is 5.75 Å². The van der Waals surface area contributed by atoms with Gasteiger partial charge in [-0.15, -0.1) is 11.3 Å². The Morgan fingerprint density at radius 3 is 2.33 bits per heavy atom. The molecule has 3 aromatic carbocycles. The summed E-state index contributed by atoms with van der Waals surface area (Å²) in [6.45, 7) is 13.9. The van der Waals surface area contributed by atoms with E-state index in [9.17, 15) is 19.5 Å². The number of piperazine rings is 1. The molecule has 18 heteroatoms. The molecule has 2 saturated heterocycles. The van der Waals surface area contributed by atoms with Crippen LogP contribution in [-0.2, 0) is 9.59 Å². The lowest BCUT2D eigenvalue weighted by atomic mass is 9.83. The van der Waals surface area contributed by atoms with Gasteiger partial charge in [0.05, 0.1) is 64.5 Å². The van der Waals surface area contributed by atoms with E-state index in [-0.39, 0.29) is 42.8 Å². The molecule has 8 rings (SSSR count). The fourth-order valence-corrected chi connectivity index (χ4v) is 10.9. The van der Waals surface area contributed by atoms with Crippen LogP contribution < -0.4 is 36.2 Å². The number of carbonyl (C=O) groups is 3. The second-order valence-corrected chi connectivity index (χ2v) is 20.9. The number of carbonyl (C=O) groups excluding carboxylic acids is 3. The Morgan fingerprint density at radius 1 is 0.929 bits per heavy atom. The van der Waals surface area contributed by atoms with Gasteiger partial charge in [0.15, 0.2) is 5.82 Å². The number of hydrogen-bond donors (Lipinski definition) is 6. The quantitative estimate of drug-likeness (QED) is 0.0600. The van der Waals surface area contributed by atoms with E-state index in [1.54, 1.807) is 48.6 Å². The van der Waals surface area contributed by atoms with Crippen molar-refractivity contribution < 1.29 is 24.2 Å². The second kappa shape index (κ2) is 22.1. The van der Waals surface area contributed by atoms with Crippen LogP contribution in [0.2, 0.25) is 5.02 Å². The highest BCUT2D eigenvalue weighted by molar-refractivity contribution is 7.13. The number of aryl methyl sites for hydroxylation is 1. The van der Waals surface area contributed by atoms with E-state index in [1.165, 1.54) is 6.20 Å². The maximum Gasteiger partial charge on any atom is 0.253 e. The third-order valence-corrected chi connectivity index (χ3v) is 15.1. The molecule has 3 amide bonds. The van der Waals surface area contributed by atoms with E-state index < -0.39 is 23.6 Å². The Hall–Kier alpha value is -5.85. The first-order valence-corrected chi connectivity index (χ1v) is 25.5. The van der Waals surface area contributed by atoms with Crippen molar-refractivity contribution >= 4 is 69.5 Å². The van der Waals surface area contributed by atoms with Gasteiger partial charge in [0.25, 0.3) is 5.91 Å². The summed E-state index contributed by atoms with van der Waals surface area (Å²) in [4.78, 5) is 61.9. The van der Waals surface area contributed by atoms with Crippen LogP contribution in [-0.4, -0.2) is 125 Å². The van der Waals surface area contributed by atoms with Gasteiger partial charge in [-0.1, -0.05) is 68.8 Å². The smallest absolute Gasteiger partial charge is 0.253 e. The third kappa shape index (κ3) is 11.7. The highest BCUT2D eigenvalue weighted by Crippen LogP contribution is 2.35. The van der Waals surface area contributed by atoms with Crippen molar-refractivity contribution in [1.82, 2.24) is 40.7 Å². The third-order valence-electron chi connectivity index (χ3n) is 13.9. The van der Waals surface area contributed by atoms with E-state index in [1.807, 2.05) is 49.7 Å². The van der Waals surface area contributed by atoms with Gasteiger partial charge in [-0.25, -0.2) is 9.97 Å². The zero-order chi connectivity index (χ0) is 49.7. The predicted octanol–water partition coefficient (Wildman–Crippen LogP) is 7.69. The van der Waals surface area contributed by atoms with Gasteiger partial charge in [-0.3, -0.25) is 19.3 Å². The second-order valence-electron chi connectivity index (χ2n) is 19.7. The number of para-hydroxylation sites is 1. The topological polar surface area (TPSA) is 189 Å². The Balaban J connectivity index is 0.826. The van der Waals surface area contributed by atoms with E-state index in [0.29, 0.717) is 45.5 Å². The number of benzene rings is 3. The molecule has 3 fully saturated rings. The number of thiazole rings is 1. The van der Waals surface area contributed by atoms with Crippen molar-refractivity contribution in [3.63, 3.8) is 0 Å². The van der Waals surface area contributed by atoms with Gasteiger partial charge in [-0.05, 0) is 80.3 Å². The number of nitrogens with zero attached hydrogens (tertiary/aromatic N) is 6. The first-order valence-electron chi connectivity index (χ1n) is 24.2. The van der Waals surface area contributed by atoms with Crippen LogP contribution >= 0.6 is 22.9 Å². The fraction of sp³-hybridized carbons (Fsp3) is 0.462. The number of halogens is 1. The van der Waals surface area contributed by atoms with Crippen LogP contribution in [0, 0.1) is 12.3 Å². The summed E-state index contributed by atoms with van der Waals surface area (Å²) in [5, 5.41) is 27.1. The molecule has 5 aromatic rings. The molecule has 3 aliphatic rings. The maximum atomic E-state index is 14.5. The minimum atomic E-state index is -0.770. The normalized spacial score (nSPS) is 20.6. The maximum absolute atomic E-state index is 14.5. The van der Waals surface area contributed by atoms with Crippen molar-refractivity contribution in [2.24, 2.45) is 5.41 Å². The molecule has 2 aliphatic heterocycles. The molecule has 4 atom stereocenters. The minimum absolute atomic E-state index is 0.130. The van der Waals surface area contributed by atoms with Gasteiger partial charge in [0.2, 0.25) is 17.8 Å². The largest absolute Gasteiger partial charge is 0.494 e. The number of ether oxygens (including phenoxy) is 1. The van der Waals surface area contributed by atoms with Crippen molar-refractivity contribution in [3.8, 4) is 16.2 Å². The van der Waals surface area contributed by atoms with Crippen molar-refractivity contribution in [1.29, 1.82) is 0 Å². The van der Waals surface area contributed by atoms with Gasteiger partial charge in [0.1, 0.15) is 16.8 Å². The SMILES string of the molecule is CNC(=O)c1ccccc1Nc1nc(Nc2ccc(N3CCN(C4CCC(N[C@H](C(=O)N5C[C@H](O)C[C@H]5C(=O)N[C@@H](C)c5ccc(-c6scnc6C)cc5)C(C)(C)C)CC4)CC3)cc2OC)ncc1Cl. The first kappa shape index (κ1) is 50.5. The lowest BCUT2D eigenvalue weighted by Gasteiger charge is -2.44. The van der Waals surface area contributed by atoms with Gasteiger partial charge in [-0.2, -0.15) is 4.98 Å². The van der Waals surface area contributed by atoms with Gasteiger partial charge >= 0.3 is 0 Å². The number of β-amino-alcohol motifs (C(OH)–C–C–N with tert-alkyl or cyclic N) is 1. The number of aromatic nitrogens is 3. The molecule has 6 N–H and O–H groups in total. The van der Waals surface area contributed by atoms with E-state index in [0.717, 1.165) is 79.2 Å². The summed E-state index contributed by atoms with van der Waals surface area (Å²) < 4.78 is 5.83. The zero-order valence-electron chi connectivity index (χ0n) is 41.1. The number of amides is 3. The number of nitrogens with one attached hydrogen (secondary N) is 5. The number of methoxy groups -OCH3 is 1. The molecule has 0 bridgehead atoms. The summed E-state index contributed by atoms with van der Waals surface area (Å²) in [7, 11) is 3.22. The number of aliphatic hydroxyl groups excluding tert-OH is 1. The standard InChI is InChI=1S/C52H66ClN11O5S/c1-31(33-12-14-34(15-13-33)45-32(2)56-30-70-45)57-49(67)43-27-38(65)29-64(43)50(68)46(52(3,4)5)58-35-16-18-36(19-17-35)62-22-24-63(25-23-62)37-20-21-42(44(26-37)69-7)60-51-55-28-40(53)47(61-51)59-41-11-9-8-10-39(41)48(66)54-6/h8-15,20-21,26,28,30-31,35-36,38,43,46,58,65H,16-19,22-25,27,29H2,1-7H3,(H,54,66)(H,57,67)(H2,55,59,60,61)/t31-,35?,36?,38+,43-,46+/m0/s1. The Labute approximate surface area is 420 Å². The van der Waals surface area contributed by atoms with Crippen molar-refractivity contribution in [2.45, 2.75) is 103 Å². The van der Waals surface area contributed by atoms with E-state index >= 15 is 0 Å². The Kier molecular flexibility index (Phi) is 15.9. The monoisotopic (exact) mass is 991 g/mol. The van der Waals surface area contributed by atoms with Crippen LogP contribution in [0.15, 0.2) is 78.4 Å². The molecule has 0 spiro atoms. The molecule has 16 nitrogen and oxygen atoms in total. The molecule has 0 radical (unpaired) electrons. The summed E-state index contributed by atoms with van der Waals surface area (Å²) in [5.74, 6) is 0.675. The van der Waals surface area contributed by atoms with E-state index in [2.05, 4.69) is 90.3 Å².